The van der Waals surface area contributed by atoms with Crippen molar-refractivity contribution in [1.29, 1.82) is 0 Å². The van der Waals surface area contributed by atoms with Gasteiger partial charge in [-0.05, 0) is 42.3 Å². The first kappa shape index (κ1) is 10.1. The van der Waals surface area contributed by atoms with E-state index in [9.17, 15) is 4.79 Å². The number of fused-ring (bicyclic) bond motifs is 1. The van der Waals surface area contributed by atoms with E-state index in [-0.39, 0.29) is 5.91 Å². The van der Waals surface area contributed by atoms with E-state index in [1.54, 1.807) is 13.2 Å². The highest BCUT2D eigenvalue weighted by Crippen LogP contribution is 2.32. The molecule has 17 heavy (non-hydrogen) atoms. The average molecular weight is 227 g/mol. The molecule has 86 valence electrons. The second kappa shape index (κ2) is 3.77. The Balaban J connectivity index is 2.02. The number of hydrogen-bond acceptors (Lipinski definition) is 2. The maximum Gasteiger partial charge on any atom is 0.223 e. The fraction of sp³-hybridized carbons (Fsp3) is 0.214. The largest absolute Gasteiger partial charge is 0.464 e. The summed E-state index contributed by atoms with van der Waals surface area (Å²) in [4.78, 5) is 13.3. The summed E-state index contributed by atoms with van der Waals surface area (Å²) in [6.07, 6.45) is 2.59. The smallest absolute Gasteiger partial charge is 0.223 e. The molecular weight excluding hydrogens is 214 g/mol. The van der Waals surface area contributed by atoms with Crippen molar-refractivity contribution in [2.24, 2.45) is 0 Å². The molecule has 3 rings (SSSR count). The van der Waals surface area contributed by atoms with Gasteiger partial charge in [0.05, 0.1) is 6.26 Å². The molecule has 3 heteroatoms. The quantitative estimate of drug-likeness (QED) is 0.750. The Kier molecular flexibility index (Phi) is 2.25. The van der Waals surface area contributed by atoms with Crippen molar-refractivity contribution in [3.8, 4) is 11.3 Å². The predicted octanol–water partition coefficient (Wildman–Crippen LogP) is 2.86. The van der Waals surface area contributed by atoms with Crippen LogP contribution in [0.15, 0.2) is 41.0 Å². The molecule has 1 amide bonds. The van der Waals surface area contributed by atoms with Crippen LogP contribution in [0.4, 0.5) is 5.69 Å². The van der Waals surface area contributed by atoms with Gasteiger partial charge in [0.25, 0.3) is 0 Å². The van der Waals surface area contributed by atoms with Gasteiger partial charge in [-0.3, -0.25) is 4.79 Å². The lowest BCUT2D eigenvalue weighted by Crippen LogP contribution is -2.25. The Morgan fingerprint density at radius 3 is 2.94 bits per heavy atom. The summed E-state index contributed by atoms with van der Waals surface area (Å²) in [5.74, 6) is 0.976. The van der Waals surface area contributed by atoms with Gasteiger partial charge in [-0.15, -0.1) is 0 Å². The first-order chi connectivity index (χ1) is 8.25. The Morgan fingerprint density at radius 2 is 2.24 bits per heavy atom. The van der Waals surface area contributed by atoms with Crippen LogP contribution >= 0.6 is 0 Å². The molecule has 0 saturated heterocycles. The molecule has 1 aromatic carbocycles. The zero-order valence-electron chi connectivity index (χ0n) is 9.64. The summed E-state index contributed by atoms with van der Waals surface area (Å²) in [5.41, 5.74) is 3.32. The molecule has 1 aliphatic heterocycles. The van der Waals surface area contributed by atoms with E-state index >= 15 is 0 Å². The maximum absolute atomic E-state index is 11.4. The van der Waals surface area contributed by atoms with Crippen LogP contribution < -0.4 is 4.90 Å². The first-order valence-electron chi connectivity index (χ1n) is 5.70. The van der Waals surface area contributed by atoms with E-state index in [0.29, 0.717) is 0 Å². The van der Waals surface area contributed by atoms with Gasteiger partial charge < -0.3 is 9.32 Å². The fourth-order valence-corrected chi connectivity index (χ4v) is 2.32. The minimum Gasteiger partial charge on any atom is -0.464 e. The Morgan fingerprint density at radius 1 is 1.35 bits per heavy atom. The monoisotopic (exact) mass is 227 g/mol. The lowest BCUT2D eigenvalue weighted by atomic mass is 10.1. The molecule has 0 bridgehead atoms. The second-order valence-corrected chi connectivity index (χ2v) is 4.24. The van der Waals surface area contributed by atoms with Crippen molar-refractivity contribution >= 4 is 11.6 Å². The zero-order valence-corrected chi connectivity index (χ0v) is 9.64. The van der Waals surface area contributed by atoms with Crippen molar-refractivity contribution in [2.45, 2.75) is 13.3 Å². The van der Waals surface area contributed by atoms with Crippen LogP contribution in [0, 0.1) is 0 Å². The minimum atomic E-state index is 0.106. The summed E-state index contributed by atoms with van der Waals surface area (Å²) in [6.45, 7) is 2.39. The summed E-state index contributed by atoms with van der Waals surface area (Å²) in [7, 11) is 0. The molecular formula is C14H13NO2. The summed E-state index contributed by atoms with van der Waals surface area (Å²) in [5, 5.41) is 0. The highest BCUT2D eigenvalue weighted by Gasteiger charge is 2.22. The highest BCUT2D eigenvalue weighted by atomic mass is 16.3. The van der Waals surface area contributed by atoms with Crippen LogP contribution in [0.5, 0.6) is 0 Å². The van der Waals surface area contributed by atoms with Gasteiger partial charge >= 0.3 is 0 Å². The lowest BCUT2D eigenvalue weighted by Gasteiger charge is -2.14. The average Bonchev–Trinajstić information content (AvgIpc) is 2.97. The van der Waals surface area contributed by atoms with E-state index in [1.165, 1.54) is 5.56 Å². The van der Waals surface area contributed by atoms with Gasteiger partial charge in [-0.1, -0.05) is 0 Å². The molecule has 0 saturated carbocycles. The van der Waals surface area contributed by atoms with E-state index < -0.39 is 0 Å². The summed E-state index contributed by atoms with van der Waals surface area (Å²) >= 11 is 0. The van der Waals surface area contributed by atoms with Crippen LogP contribution in [-0.4, -0.2) is 12.5 Å². The van der Waals surface area contributed by atoms with Crippen LogP contribution in [0.3, 0.4) is 0 Å². The van der Waals surface area contributed by atoms with E-state index in [2.05, 4.69) is 6.07 Å². The molecule has 1 aliphatic rings. The fourth-order valence-electron chi connectivity index (χ4n) is 2.32. The van der Waals surface area contributed by atoms with Crippen molar-refractivity contribution in [2.75, 3.05) is 11.4 Å². The highest BCUT2D eigenvalue weighted by molar-refractivity contribution is 5.94. The van der Waals surface area contributed by atoms with Crippen molar-refractivity contribution in [3.63, 3.8) is 0 Å². The number of anilines is 1. The van der Waals surface area contributed by atoms with Gasteiger partial charge in [-0.2, -0.15) is 0 Å². The van der Waals surface area contributed by atoms with Crippen molar-refractivity contribution < 1.29 is 9.21 Å². The van der Waals surface area contributed by atoms with Crippen LogP contribution in [0.1, 0.15) is 12.5 Å². The Bertz CT molecular complexity index is 558. The Hall–Kier alpha value is -2.03. The van der Waals surface area contributed by atoms with Gasteiger partial charge in [-0.25, -0.2) is 0 Å². The Labute approximate surface area is 99.7 Å². The van der Waals surface area contributed by atoms with Crippen LogP contribution in [0.25, 0.3) is 11.3 Å². The number of rotatable bonds is 1. The molecule has 0 atom stereocenters. The predicted molar refractivity (Wildman–Crippen MR) is 65.9 cm³/mol. The van der Waals surface area contributed by atoms with E-state index in [4.69, 9.17) is 4.42 Å². The number of amides is 1. The third-order valence-corrected chi connectivity index (χ3v) is 3.16. The molecule has 2 heterocycles. The lowest BCUT2D eigenvalue weighted by molar-refractivity contribution is -0.116. The third-order valence-electron chi connectivity index (χ3n) is 3.16. The van der Waals surface area contributed by atoms with Crippen molar-refractivity contribution in [3.05, 3.63) is 42.2 Å². The number of furan rings is 1. The van der Waals surface area contributed by atoms with Crippen LogP contribution in [0.2, 0.25) is 0 Å². The second-order valence-electron chi connectivity index (χ2n) is 4.24. The zero-order chi connectivity index (χ0) is 11.8. The number of carbonyl (C=O) groups excluding carboxylic acids is 1. The molecule has 0 radical (unpaired) electrons. The number of nitrogens with zero attached hydrogens (tertiary/aromatic N) is 1. The number of hydrogen-bond donors (Lipinski definition) is 0. The SMILES string of the molecule is CC(=O)N1CCc2cc(-c3ccco3)ccc21. The first-order valence-corrected chi connectivity index (χ1v) is 5.70. The van der Waals surface area contributed by atoms with Crippen LogP contribution in [-0.2, 0) is 11.2 Å². The topological polar surface area (TPSA) is 33.5 Å². The molecule has 0 aliphatic carbocycles. The van der Waals surface area contributed by atoms with E-state index in [1.807, 2.05) is 29.2 Å². The molecule has 0 unspecified atom stereocenters. The van der Waals surface area contributed by atoms with Gasteiger partial charge in [0.1, 0.15) is 5.76 Å². The molecule has 2 aromatic rings. The van der Waals surface area contributed by atoms with Gasteiger partial charge in [0, 0.05) is 24.7 Å². The number of benzene rings is 1. The van der Waals surface area contributed by atoms with Crippen molar-refractivity contribution in [1.82, 2.24) is 0 Å². The minimum absolute atomic E-state index is 0.106. The molecule has 0 fully saturated rings. The van der Waals surface area contributed by atoms with Gasteiger partial charge in [0.2, 0.25) is 5.91 Å². The standard InChI is InChI=1S/C14H13NO2/c1-10(16)15-7-6-11-9-12(4-5-13(11)15)14-3-2-8-17-14/h2-5,8-9H,6-7H2,1H3. The maximum atomic E-state index is 11.4. The van der Waals surface area contributed by atoms with E-state index in [0.717, 1.165) is 30.0 Å². The molecule has 0 spiro atoms. The van der Waals surface area contributed by atoms with Gasteiger partial charge in [0.15, 0.2) is 0 Å². The third kappa shape index (κ3) is 1.64. The summed E-state index contributed by atoms with van der Waals surface area (Å²) in [6, 6.07) is 9.93. The summed E-state index contributed by atoms with van der Waals surface area (Å²) < 4.78 is 5.37. The molecule has 0 N–H and O–H groups in total. The molecule has 3 nitrogen and oxygen atoms in total. The number of carbonyl (C=O) groups is 1. The normalized spacial score (nSPS) is 13.8. The molecule has 1 aromatic heterocycles.